The number of benzene rings is 1. The van der Waals surface area contributed by atoms with Crippen molar-refractivity contribution in [1.29, 1.82) is 0 Å². The molecule has 1 atom stereocenters. The van der Waals surface area contributed by atoms with Crippen molar-refractivity contribution >= 4 is 0 Å². The summed E-state index contributed by atoms with van der Waals surface area (Å²) in [6, 6.07) is 3.27. The van der Waals surface area contributed by atoms with Crippen LogP contribution in [0.1, 0.15) is 24.4 Å². The molecule has 3 nitrogen and oxygen atoms in total. The molecule has 1 fully saturated rings. The predicted octanol–water partition coefficient (Wildman–Crippen LogP) is 1.90. The highest BCUT2D eigenvalue weighted by molar-refractivity contribution is 5.22. The number of nitrogens with two attached hydrogens (primary N) is 1. The molecular weight excluding hydrogens is 226 g/mol. The van der Waals surface area contributed by atoms with Crippen LogP contribution in [0.15, 0.2) is 18.2 Å². The zero-order chi connectivity index (χ0) is 12.3. The van der Waals surface area contributed by atoms with E-state index in [0.29, 0.717) is 18.8 Å². The Morgan fingerprint density at radius 3 is 2.29 bits per heavy atom. The lowest BCUT2D eigenvalue weighted by atomic mass is 9.87. The minimum atomic E-state index is -0.577. The first-order chi connectivity index (χ1) is 8.20. The first-order valence-electron chi connectivity index (χ1n) is 5.70. The van der Waals surface area contributed by atoms with Gasteiger partial charge in [0.1, 0.15) is 11.6 Å². The van der Waals surface area contributed by atoms with Crippen LogP contribution in [0, 0.1) is 17.6 Å². The molecule has 0 bridgehead atoms. The molecule has 1 unspecified atom stereocenters. The van der Waals surface area contributed by atoms with Crippen molar-refractivity contribution in [2.24, 2.45) is 11.8 Å². The van der Waals surface area contributed by atoms with Gasteiger partial charge in [-0.3, -0.25) is 11.3 Å². The molecule has 1 aromatic carbocycles. The topological polar surface area (TPSA) is 47.3 Å². The van der Waals surface area contributed by atoms with Crippen molar-refractivity contribution in [2.45, 2.75) is 18.9 Å². The summed E-state index contributed by atoms with van der Waals surface area (Å²) in [6.07, 6.45) is 1.68. The molecule has 1 heterocycles. The third-order valence-corrected chi connectivity index (χ3v) is 3.16. The summed E-state index contributed by atoms with van der Waals surface area (Å²) >= 11 is 0. The lowest BCUT2D eigenvalue weighted by Gasteiger charge is -2.30. The third-order valence-electron chi connectivity index (χ3n) is 3.16. The number of ether oxygens (including phenoxy) is 1. The monoisotopic (exact) mass is 242 g/mol. The average molecular weight is 242 g/mol. The van der Waals surface area contributed by atoms with Crippen LogP contribution in [0.5, 0.6) is 0 Å². The molecule has 0 amide bonds. The van der Waals surface area contributed by atoms with Crippen molar-refractivity contribution in [3.63, 3.8) is 0 Å². The van der Waals surface area contributed by atoms with Crippen LogP contribution < -0.4 is 11.3 Å². The average Bonchev–Trinajstić information content (AvgIpc) is 2.30. The van der Waals surface area contributed by atoms with Crippen LogP contribution >= 0.6 is 0 Å². The molecule has 1 aromatic rings. The van der Waals surface area contributed by atoms with Gasteiger partial charge in [-0.1, -0.05) is 0 Å². The minimum absolute atomic E-state index is 0.232. The second-order valence-corrected chi connectivity index (χ2v) is 4.30. The van der Waals surface area contributed by atoms with Gasteiger partial charge in [-0.05, 0) is 36.5 Å². The van der Waals surface area contributed by atoms with Crippen LogP contribution in [-0.4, -0.2) is 13.2 Å². The highest BCUT2D eigenvalue weighted by atomic mass is 19.1. The van der Waals surface area contributed by atoms with Crippen LogP contribution in [-0.2, 0) is 4.74 Å². The summed E-state index contributed by atoms with van der Waals surface area (Å²) in [6.45, 7) is 1.33. The van der Waals surface area contributed by atoms with Gasteiger partial charge < -0.3 is 4.74 Å². The summed E-state index contributed by atoms with van der Waals surface area (Å²) in [5.41, 5.74) is 3.21. The summed E-state index contributed by atoms with van der Waals surface area (Å²) in [7, 11) is 0. The number of nitrogens with one attached hydrogen (secondary N) is 1. The molecule has 0 aromatic heterocycles. The molecule has 1 saturated heterocycles. The van der Waals surface area contributed by atoms with Crippen molar-refractivity contribution in [1.82, 2.24) is 5.43 Å². The van der Waals surface area contributed by atoms with E-state index >= 15 is 0 Å². The van der Waals surface area contributed by atoms with Gasteiger partial charge >= 0.3 is 0 Å². The van der Waals surface area contributed by atoms with Crippen molar-refractivity contribution in [3.05, 3.63) is 35.4 Å². The van der Waals surface area contributed by atoms with E-state index in [1.54, 1.807) is 0 Å². The molecule has 5 heteroatoms. The summed E-state index contributed by atoms with van der Waals surface area (Å²) < 4.78 is 31.6. The van der Waals surface area contributed by atoms with Crippen LogP contribution in [0.2, 0.25) is 0 Å². The van der Waals surface area contributed by atoms with E-state index in [-0.39, 0.29) is 12.0 Å². The minimum Gasteiger partial charge on any atom is -0.381 e. The first kappa shape index (κ1) is 12.4. The maximum atomic E-state index is 13.2. The van der Waals surface area contributed by atoms with Crippen LogP contribution in [0.3, 0.4) is 0 Å². The predicted molar refractivity (Wildman–Crippen MR) is 60.0 cm³/mol. The zero-order valence-electron chi connectivity index (χ0n) is 9.46. The number of halogens is 2. The molecule has 0 spiro atoms. The fourth-order valence-electron chi connectivity index (χ4n) is 2.31. The molecule has 1 aliphatic heterocycles. The lowest BCUT2D eigenvalue weighted by Crippen LogP contribution is -2.36. The lowest BCUT2D eigenvalue weighted by molar-refractivity contribution is 0.0535. The third kappa shape index (κ3) is 3.00. The first-order valence-corrected chi connectivity index (χ1v) is 5.70. The van der Waals surface area contributed by atoms with E-state index in [9.17, 15) is 8.78 Å². The fourth-order valence-corrected chi connectivity index (χ4v) is 2.31. The highest BCUT2D eigenvalue weighted by Crippen LogP contribution is 2.30. The Morgan fingerprint density at radius 1 is 1.18 bits per heavy atom. The van der Waals surface area contributed by atoms with E-state index in [1.807, 2.05) is 0 Å². The molecular formula is C12H16F2N2O. The fraction of sp³-hybridized carbons (Fsp3) is 0.500. The number of hydrogen-bond donors (Lipinski definition) is 2. The Balaban J connectivity index is 2.21. The normalized spacial score (nSPS) is 19.2. The summed E-state index contributed by atoms with van der Waals surface area (Å²) in [5, 5.41) is 0. The van der Waals surface area contributed by atoms with Gasteiger partial charge in [0.05, 0.1) is 0 Å². The molecule has 1 aliphatic rings. The SMILES string of the molecule is NNC(c1cc(F)cc(F)c1)C1CCOCC1. The highest BCUT2D eigenvalue weighted by Gasteiger charge is 2.25. The second kappa shape index (κ2) is 5.53. The number of rotatable bonds is 3. The van der Waals surface area contributed by atoms with Crippen molar-refractivity contribution < 1.29 is 13.5 Å². The van der Waals surface area contributed by atoms with Crippen molar-refractivity contribution in [3.8, 4) is 0 Å². The Bertz CT molecular complexity index is 361. The van der Waals surface area contributed by atoms with Gasteiger partial charge in [0.15, 0.2) is 0 Å². The van der Waals surface area contributed by atoms with E-state index < -0.39 is 11.6 Å². The molecule has 17 heavy (non-hydrogen) atoms. The van der Waals surface area contributed by atoms with Gasteiger partial charge in [0.25, 0.3) is 0 Å². The maximum Gasteiger partial charge on any atom is 0.126 e. The Morgan fingerprint density at radius 2 is 1.76 bits per heavy atom. The molecule has 3 N–H and O–H groups in total. The largest absolute Gasteiger partial charge is 0.381 e. The Kier molecular flexibility index (Phi) is 4.04. The van der Waals surface area contributed by atoms with Gasteiger partial charge in [-0.15, -0.1) is 0 Å². The Hall–Kier alpha value is -1.04. The van der Waals surface area contributed by atoms with Gasteiger partial charge in [0.2, 0.25) is 0 Å². The second-order valence-electron chi connectivity index (χ2n) is 4.30. The van der Waals surface area contributed by atoms with Gasteiger partial charge in [0, 0.05) is 25.3 Å². The van der Waals surface area contributed by atoms with E-state index in [4.69, 9.17) is 10.6 Å². The summed E-state index contributed by atoms with van der Waals surface area (Å²) in [4.78, 5) is 0. The van der Waals surface area contributed by atoms with E-state index in [0.717, 1.165) is 18.9 Å². The maximum absolute atomic E-state index is 13.2. The smallest absolute Gasteiger partial charge is 0.126 e. The Labute approximate surface area is 98.9 Å². The van der Waals surface area contributed by atoms with E-state index in [2.05, 4.69) is 5.43 Å². The standard InChI is InChI=1S/C12H16F2N2O/c13-10-5-9(6-11(14)7-10)12(16-15)8-1-3-17-4-2-8/h5-8,12,16H,1-4,15H2. The summed E-state index contributed by atoms with van der Waals surface area (Å²) in [5.74, 6) is 4.59. The number of hydrazine groups is 1. The molecule has 0 aliphatic carbocycles. The molecule has 0 radical (unpaired) electrons. The van der Waals surface area contributed by atoms with Gasteiger partial charge in [-0.2, -0.15) is 0 Å². The van der Waals surface area contributed by atoms with Crippen LogP contribution in [0.25, 0.3) is 0 Å². The molecule has 94 valence electrons. The van der Waals surface area contributed by atoms with E-state index in [1.165, 1.54) is 12.1 Å². The number of hydrogen-bond acceptors (Lipinski definition) is 3. The zero-order valence-corrected chi connectivity index (χ0v) is 9.46. The van der Waals surface area contributed by atoms with Gasteiger partial charge in [-0.25, -0.2) is 8.78 Å². The molecule has 0 saturated carbocycles. The quantitative estimate of drug-likeness (QED) is 0.628. The molecule has 2 rings (SSSR count). The van der Waals surface area contributed by atoms with Crippen molar-refractivity contribution in [2.75, 3.05) is 13.2 Å². The van der Waals surface area contributed by atoms with Crippen LogP contribution in [0.4, 0.5) is 8.78 Å².